The van der Waals surface area contributed by atoms with Crippen LogP contribution in [0.25, 0.3) is 0 Å². The minimum absolute atomic E-state index is 0.00252. The van der Waals surface area contributed by atoms with Crippen molar-refractivity contribution in [1.82, 2.24) is 10.2 Å². The topological polar surface area (TPSA) is 15.3 Å². The molecule has 5 heteroatoms. The summed E-state index contributed by atoms with van der Waals surface area (Å²) < 4.78 is 40.1. The SMILES string of the molecule is CCC1CNC(C(C)(C)C)CN1C1(C(F)(F)F)CC1. The van der Waals surface area contributed by atoms with Crippen LogP contribution < -0.4 is 5.32 Å². The summed E-state index contributed by atoms with van der Waals surface area (Å²) in [4.78, 5) is 1.75. The fourth-order valence-electron chi connectivity index (χ4n) is 3.12. The summed E-state index contributed by atoms with van der Waals surface area (Å²) in [5.41, 5.74) is -1.54. The van der Waals surface area contributed by atoms with Gasteiger partial charge < -0.3 is 5.32 Å². The Bertz CT molecular complexity index is 329. The second-order valence-electron chi connectivity index (χ2n) is 7.07. The maximum atomic E-state index is 13.4. The van der Waals surface area contributed by atoms with Crippen LogP contribution in [0.15, 0.2) is 0 Å². The molecule has 1 saturated heterocycles. The van der Waals surface area contributed by atoms with Crippen LogP contribution in [-0.2, 0) is 0 Å². The molecule has 1 heterocycles. The Kier molecular flexibility index (Phi) is 3.67. The lowest BCUT2D eigenvalue weighted by molar-refractivity contribution is -0.208. The van der Waals surface area contributed by atoms with E-state index in [0.717, 1.165) is 6.42 Å². The molecule has 112 valence electrons. The van der Waals surface area contributed by atoms with E-state index in [9.17, 15) is 13.2 Å². The molecule has 19 heavy (non-hydrogen) atoms. The van der Waals surface area contributed by atoms with Gasteiger partial charge in [-0.3, -0.25) is 4.90 Å². The van der Waals surface area contributed by atoms with Gasteiger partial charge in [0.2, 0.25) is 0 Å². The van der Waals surface area contributed by atoms with Crippen molar-refractivity contribution in [3.63, 3.8) is 0 Å². The molecule has 2 nitrogen and oxygen atoms in total. The minimum atomic E-state index is -4.10. The molecule has 2 unspecified atom stereocenters. The Hall–Kier alpha value is -0.290. The first kappa shape index (κ1) is 15.1. The maximum absolute atomic E-state index is 13.4. The van der Waals surface area contributed by atoms with Gasteiger partial charge in [-0.1, -0.05) is 27.7 Å². The molecule has 0 aromatic heterocycles. The highest BCUT2D eigenvalue weighted by atomic mass is 19.4. The first-order chi connectivity index (χ1) is 8.62. The third-order valence-corrected chi connectivity index (χ3v) is 4.74. The van der Waals surface area contributed by atoms with Gasteiger partial charge in [-0.2, -0.15) is 13.2 Å². The van der Waals surface area contributed by atoms with Gasteiger partial charge in [0, 0.05) is 25.2 Å². The van der Waals surface area contributed by atoms with Crippen LogP contribution in [0, 0.1) is 5.41 Å². The number of rotatable bonds is 2. The van der Waals surface area contributed by atoms with E-state index < -0.39 is 11.7 Å². The van der Waals surface area contributed by atoms with E-state index in [1.54, 1.807) is 4.90 Å². The Labute approximate surface area is 113 Å². The predicted octanol–water partition coefficient (Wildman–Crippen LogP) is 3.18. The molecule has 2 fully saturated rings. The van der Waals surface area contributed by atoms with Gasteiger partial charge in [0.25, 0.3) is 0 Å². The predicted molar refractivity (Wildman–Crippen MR) is 70.1 cm³/mol. The highest BCUT2D eigenvalue weighted by molar-refractivity contribution is 5.13. The quantitative estimate of drug-likeness (QED) is 0.834. The molecule has 1 aliphatic heterocycles. The Morgan fingerprint density at radius 2 is 1.79 bits per heavy atom. The summed E-state index contributed by atoms with van der Waals surface area (Å²) in [6.07, 6.45) is -2.80. The van der Waals surface area contributed by atoms with Crippen LogP contribution in [0.4, 0.5) is 13.2 Å². The van der Waals surface area contributed by atoms with E-state index in [1.807, 2.05) is 6.92 Å². The fraction of sp³-hybridized carbons (Fsp3) is 1.00. The summed E-state index contributed by atoms with van der Waals surface area (Å²) in [7, 11) is 0. The second kappa shape index (κ2) is 4.62. The molecule has 1 aliphatic carbocycles. The van der Waals surface area contributed by atoms with Crippen LogP contribution in [0.2, 0.25) is 0 Å². The van der Waals surface area contributed by atoms with E-state index in [4.69, 9.17) is 0 Å². The van der Waals surface area contributed by atoms with E-state index in [-0.39, 0.29) is 30.3 Å². The molecule has 0 radical (unpaired) electrons. The van der Waals surface area contributed by atoms with Crippen molar-refractivity contribution in [2.75, 3.05) is 13.1 Å². The molecule has 0 bridgehead atoms. The summed E-state index contributed by atoms with van der Waals surface area (Å²) in [5.74, 6) is 0. The number of nitrogens with zero attached hydrogens (tertiary/aromatic N) is 1. The van der Waals surface area contributed by atoms with Gasteiger partial charge in [0.1, 0.15) is 5.54 Å². The highest BCUT2D eigenvalue weighted by Gasteiger charge is 2.68. The van der Waals surface area contributed by atoms with Crippen LogP contribution >= 0.6 is 0 Å². The van der Waals surface area contributed by atoms with Gasteiger partial charge in [-0.15, -0.1) is 0 Å². The van der Waals surface area contributed by atoms with Crippen molar-refractivity contribution in [3.8, 4) is 0 Å². The van der Waals surface area contributed by atoms with Crippen molar-refractivity contribution < 1.29 is 13.2 Å². The highest BCUT2D eigenvalue weighted by Crippen LogP contribution is 2.55. The van der Waals surface area contributed by atoms with Gasteiger partial charge in [-0.05, 0) is 24.7 Å². The zero-order valence-electron chi connectivity index (χ0n) is 12.3. The standard InChI is InChI=1S/C14H25F3N2/c1-5-10-8-18-11(12(2,3)4)9-19(10)13(6-7-13)14(15,16)17/h10-11,18H,5-9H2,1-4H3. The smallest absolute Gasteiger partial charge is 0.311 e. The van der Waals surface area contributed by atoms with E-state index in [1.165, 1.54) is 0 Å². The Morgan fingerprint density at radius 3 is 2.16 bits per heavy atom. The van der Waals surface area contributed by atoms with Crippen LogP contribution in [0.1, 0.15) is 47.0 Å². The molecule has 2 rings (SSSR count). The zero-order chi connectivity index (χ0) is 14.5. The Balaban J connectivity index is 2.20. The summed E-state index contributed by atoms with van der Waals surface area (Å²) >= 11 is 0. The second-order valence-corrected chi connectivity index (χ2v) is 7.07. The van der Waals surface area contributed by atoms with E-state index in [2.05, 4.69) is 26.1 Å². The fourth-order valence-corrected chi connectivity index (χ4v) is 3.12. The van der Waals surface area contributed by atoms with Gasteiger partial charge in [0.15, 0.2) is 0 Å². The molecule has 1 saturated carbocycles. The molecule has 0 spiro atoms. The molecule has 2 aliphatic rings. The van der Waals surface area contributed by atoms with Crippen molar-refractivity contribution in [1.29, 1.82) is 0 Å². The third-order valence-electron chi connectivity index (χ3n) is 4.74. The van der Waals surface area contributed by atoms with Crippen molar-refractivity contribution >= 4 is 0 Å². The normalized spacial score (nSPS) is 32.4. The first-order valence-corrected chi connectivity index (χ1v) is 7.18. The van der Waals surface area contributed by atoms with Crippen LogP contribution in [0.3, 0.4) is 0 Å². The number of hydrogen-bond acceptors (Lipinski definition) is 2. The largest absolute Gasteiger partial charge is 0.406 e. The van der Waals surface area contributed by atoms with E-state index >= 15 is 0 Å². The molecule has 2 atom stereocenters. The minimum Gasteiger partial charge on any atom is -0.311 e. The Morgan fingerprint density at radius 1 is 1.21 bits per heavy atom. The number of halogens is 3. The molecule has 0 aromatic rings. The van der Waals surface area contributed by atoms with E-state index in [0.29, 0.717) is 13.1 Å². The third kappa shape index (κ3) is 2.64. The average Bonchev–Trinajstić information content (AvgIpc) is 3.07. The molecule has 1 N–H and O–H groups in total. The molecule has 0 amide bonds. The molecular formula is C14H25F3N2. The summed E-state index contributed by atoms with van der Waals surface area (Å²) in [6.45, 7) is 9.40. The van der Waals surface area contributed by atoms with Crippen LogP contribution in [-0.4, -0.2) is 41.8 Å². The number of alkyl halides is 3. The van der Waals surface area contributed by atoms with Gasteiger partial charge in [0.05, 0.1) is 0 Å². The lowest BCUT2D eigenvalue weighted by atomic mass is 9.84. The first-order valence-electron chi connectivity index (χ1n) is 7.18. The molecular weight excluding hydrogens is 253 g/mol. The summed E-state index contributed by atoms with van der Waals surface area (Å²) in [5, 5.41) is 3.43. The van der Waals surface area contributed by atoms with Crippen molar-refractivity contribution in [2.45, 2.75) is 70.8 Å². The molecule has 0 aromatic carbocycles. The zero-order valence-corrected chi connectivity index (χ0v) is 12.3. The van der Waals surface area contributed by atoms with Gasteiger partial charge in [-0.25, -0.2) is 0 Å². The summed E-state index contributed by atoms with van der Waals surface area (Å²) in [6, 6.07) is 0.123. The number of piperazine rings is 1. The maximum Gasteiger partial charge on any atom is 0.406 e. The monoisotopic (exact) mass is 278 g/mol. The number of hydrogen-bond donors (Lipinski definition) is 1. The van der Waals surface area contributed by atoms with Crippen LogP contribution in [0.5, 0.6) is 0 Å². The lowest BCUT2D eigenvalue weighted by Gasteiger charge is -2.48. The average molecular weight is 278 g/mol. The number of nitrogens with one attached hydrogen (secondary N) is 1. The lowest BCUT2D eigenvalue weighted by Crippen LogP contribution is -2.65. The van der Waals surface area contributed by atoms with Crippen molar-refractivity contribution in [3.05, 3.63) is 0 Å². The van der Waals surface area contributed by atoms with Gasteiger partial charge >= 0.3 is 6.18 Å². The van der Waals surface area contributed by atoms with Crippen molar-refractivity contribution in [2.24, 2.45) is 5.41 Å².